The zero-order valence-corrected chi connectivity index (χ0v) is 17.3. The molecule has 0 bridgehead atoms. The predicted octanol–water partition coefficient (Wildman–Crippen LogP) is 4.24. The van der Waals surface area contributed by atoms with Crippen LogP contribution >= 0.6 is 24.0 Å². The molecule has 0 N–H and O–H groups in total. The van der Waals surface area contributed by atoms with Gasteiger partial charge in [0.2, 0.25) is 5.91 Å². The highest BCUT2D eigenvalue weighted by molar-refractivity contribution is 8.26. The lowest BCUT2D eigenvalue weighted by Crippen LogP contribution is -2.44. The Morgan fingerprint density at radius 1 is 1.03 bits per heavy atom. The van der Waals surface area contributed by atoms with E-state index >= 15 is 0 Å². The normalized spacial score (nSPS) is 21.0. The van der Waals surface area contributed by atoms with Crippen LogP contribution in [0, 0.1) is 0 Å². The maximum atomic E-state index is 13.0. The van der Waals surface area contributed by atoms with Crippen LogP contribution in [0.2, 0.25) is 0 Å². The standard InChI is InChI=1S/C21H13F3N2O3S2/c22-21(23,24)13-7-4-8-14(10-13)25-17(27)11-15(18(25)28)26-19(29)16(31-20(26)30)9-12-5-2-1-3-6-12/h1-10,15H,11H2/b16-9-. The number of hydrogen-bond donors (Lipinski definition) is 0. The molecule has 2 aromatic rings. The number of carbonyl (C=O) groups excluding carboxylic acids is 3. The Hall–Kier alpha value is -2.98. The summed E-state index contributed by atoms with van der Waals surface area (Å²) in [4.78, 5) is 40.4. The van der Waals surface area contributed by atoms with E-state index in [1.807, 2.05) is 6.07 Å². The molecular weight excluding hydrogens is 449 g/mol. The molecule has 31 heavy (non-hydrogen) atoms. The minimum atomic E-state index is -4.62. The van der Waals surface area contributed by atoms with Gasteiger partial charge in [-0.05, 0) is 29.8 Å². The van der Waals surface area contributed by atoms with Crippen molar-refractivity contribution in [3.8, 4) is 0 Å². The number of imide groups is 1. The zero-order valence-electron chi connectivity index (χ0n) is 15.6. The average molecular weight is 462 g/mol. The SMILES string of the molecule is O=C1CC(N2C(=O)/C(=C/c3ccccc3)SC2=S)C(=O)N1c1cccc(C(F)(F)F)c1. The van der Waals surface area contributed by atoms with Crippen molar-refractivity contribution in [2.24, 2.45) is 0 Å². The third-order valence-corrected chi connectivity index (χ3v) is 6.12. The second-order valence-corrected chi connectivity index (χ2v) is 8.47. The Morgan fingerprint density at radius 2 is 1.74 bits per heavy atom. The van der Waals surface area contributed by atoms with E-state index in [9.17, 15) is 27.6 Å². The van der Waals surface area contributed by atoms with Gasteiger partial charge in [-0.2, -0.15) is 13.2 Å². The zero-order chi connectivity index (χ0) is 22.3. The summed E-state index contributed by atoms with van der Waals surface area (Å²) in [5, 5.41) is 0. The topological polar surface area (TPSA) is 57.7 Å². The van der Waals surface area contributed by atoms with Crippen LogP contribution in [-0.2, 0) is 20.6 Å². The molecule has 1 atom stereocenters. The summed E-state index contributed by atoms with van der Waals surface area (Å²) >= 11 is 6.27. The number of hydrogen-bond acceptors (Lipinski definition) is 5. The van der Waals surface area contributed by atoms with Crippen molar-refractivity contribution < 1.29 is 27.6 Å². The number of alkyl halides is 3. The number of halogens is 3. The molecule has 2 saturated heterocycles. The molecular formula is C21H13F3N2O3S2. The van der Waals surface area contributed by atoms with E-state index in [-0.39, 0.29) is 16.4 Å². The van der Waals surface area contributed by atoms with Crippen LogP contribution in [0.5, 0.6) is 0 Å². The maximum absolute atomic E-state index is 13.0. The lowest BCUT2D eigenvalue weighted by molar-refractivity contribution is -0.137. The summed E-state index contributed by atoms with van der Waals surface area (Å²) in [6.45, 7) is 0. The number of rotatable bonds is 3. The Kier molecular flexibility index (Phi) is 5.44. The van der Waals surface area contributed by atoms with E-state index in [0.717, 1.165) is 40.4 Å². The van der Waals surface area contributed by atoms with Gasteiger partial charge in [0, 0.05) is 0 Å². The summed E-state index contributed by atoms with van der Waals surface area (Å²) < 4.78 is 39.2. The number of amides is 3. The molecule has 3 amide bonds. The lowest BCUT2D eigenvalue weighted by atomic mass is 10.1. The Labute approximate surface area is 184 Å². The minimum absolute atomic E-state index is 0.115. The lowest BCUT2D eigenvalue weighted by Gasteiger charge is -2.21. The van der Waals surface area contributed by atoms with Crippen LogP contribution in [0.25, 0.3) is 6.08 Å². The van der Waals surface area contributed by atoms with Crippen LogP contribution < -0.4 is 4.90 Å². The molecule has 2 aliphatic heterocycles. The first-order valence-corrected chi connectivity index (χ1v) is 10.3. The highest BCUT2D eigenvalue weighted by atomic mass is 32.2. The van der Waals surface area contributed by atoms with Crippen molar-refractivity contribution in [2.75, 3.05) is 4.90 Å². The Bertz CT molecular complexity index is 1130. The minimum Gasteiger partial charge on any atom is -0.280 e. The number of thiocarbonyl (C=S) groups is 1. The van der Waals surface area contributed by atoms with Crippen molar-refractivity contribution in [3.63, 3.8) is 0 Å². The average Bonchev–Trinajstić information content (AvgIpc) is 3.16. The van der Waals surface area contributed by atoms with Gasteiger partial charge in [0.25, 0.3) is 11.8 Å². The van der Waals surface area contributed by atoms with Crippen LogP contribution in [-0.4, -0.2) is 33.0 Å². The largest absolute Gasteiger partial charge is 0.416 e. The second-order valence-electron chi connectivity index (χ2n) is 6.80. The number of nitrogens with zero attached hydrogens (tertiary/aromatic N) is 2. The number of anilines is 1. The van der Waals surface area contributed by atoms with Gasteiger partial charge in [-0.1, -0.05) is 60.4 Å². The van der Waals surface area contributed by atoms with Crippen LogP contribution in [0.15, 0.2) is 59.5 Å². The summed E-state index contributed by atoms with van der Waals surface area (Å²) in [6.07, 6.45) is -3.35. The van der Waals surface area contributed by atoms with Gasteiger partial charge in [-0.3, -0.25) is 19.3 Å². The van der Waals surface area contributed by atoms with Gasteiger partial charge in [0.15, 0.2) is 0 Å². The third kappa shape index (κ3) is 4.00. The molecule has 2 heterocycles. The summed E-state index contributed by atoms with van der Waals surface area (Å²) in [7, 11) is 0. The molecule has 2 fully saturated rings. The van der Waals surface area contributed by atoms with Crippen molar-refractivity contribution in [2.45, 2.75) is 18.6 Å². The Balaban J connectivity index is 1.61. The third-order valence-electron chi connectivity index (χ3n) is 4.79. The van der Waals surface area contributed by atoms with Crippen LogP contribution in [0.4, 0.5) is 18.9 Å². The maximum Gasteiger partial charge on any atom is 0.416 e. The first kappa shape index (κ1) is 21.3. The highest BCUT2D eigenvalue weighted by Gasteiger charge is 2.49. The van der Waals surface area contributed by atoms with Crippen molar-refractivity contribution in [1.82, 2.24) is 4.90 Å². The van der Waals surface area contributed by atoms with E-state index in [1.54, 1.807) is 30.3 Å². The first-order chi connectivity index (χ1) is 14.7. The summed E-state index contributed by atoms with van der Waals surface area (Å²) in [5.41, 5.74) is -0.412. The molecule has 5 nitrogen and oxygen atoms in total. The fraction of sp³-hybridized carbons (Fsp3) is 0.143. The van der Waals surface area contributed by atoms with Gasteiger partial charge >= 0.3 is 6.18 Å². The molecule has 1 unspecified atom stereocenters. The van der Waals surface area contributed by atoms with Crippen LogP contribution in [0.3, 0.4) is 0 Å². The fourth-order valence-electron chi connectivity index (χ4n) is 3.36. The predicted molar refractivity (Wildman–Crippen MR) is 114 cm³/mol. The van der Waals surface area contributed by atoms with Crippen molar-refractivity contribution >= 4 is 57.8 Å². The first-order valence-electron chi connectivity index (χ1n) is 9.03. The molecule has 0 radical (unpaired) electrons. The van der Waals surface area contributed by atoms with Gasteiger partial charge in [-0.25, -0.2) is 4.90 Å². The van der Waals surface area contributed by atoms with E-state index < -0.39 is 35.5 Å². The van der Waals surface area contributed by atoms with Crippen molar-refractivity contribution in [3.05, 3.63) is 70.6 Å². The highest BCUT2D eigenvalue weighted by Crippen LogP contribution is 2.38. The number of thioether (sulfide) groups is 1. The van der Waals surface area contributed by atoms with Gasteiger partial charge in [0.1, 0.15) is 10.4 Å². The quantitative estimate of drug-likeness (QED) is 0.388. The van der Waals surface area contributed by atoms with Gasteiger partial charge in [0.05, 0.1) is 22.6 Å². The smallest absolute Gasteiger partial charge is 0.280 e. The van der Waals surface area contributed by atoms with Crippen LogP contribution in [0.1, 0.15) is 17.5 Å². The van der Waals surface area contributed by atoms with E-state index in [0.29, 0.717) is 9.81 Å². The molecule has 0 spiro atoms. The molecule has 0 aliphatic carbocycles. The second kappa shape index (κ2) is 7.93. The van der Waals surface area contributed by atoms with Gasteiger partial charge < -0.3 is 0 Å². The molecule has 2 aliphatic rings. The van der Waals surface area contributed by atoms with E-state index in [2.05, 4.69) is 0 Å². The number of carbonyl (C=O) groups is 3. The monoisotopic (exact) mass is 462 g/mol. The van der Waals surface area contributed by atoms with Gasteiger partial charge in [-0.15, -0.1) is 0 Å². The molecule has 0 aromatic heterocycles. The number of benzene rings is 2. The van der Waals surface area contributed by atoms with Crippen molar-refractivity contribution in [1.29, 1.82) is 0 Å². The molecule has 2 aromatic carbocycles. The van der Waals surface area contributed by atoms with E-state index in [1.165, 1.54) is 6.07 Å². The summed E-state index contributed by atoms with van der Waals surface area (Å²) in [6, 6.07) is 11.8. The Morgan fingerprint density at radius 3 is 2.42 bits per heavy atom. The molecule has 158 valence electrons. The fourth-order valence-corrected chi connectivity index (χ4v) is 4.72. The molecule has 0 saturated carbocycles. The molecule has 10 heteroatoms. The molecule has 4 rings (SSSR count). The summed E-state index contributed by atoms with van der Waals surface area (Å²) in [5.74, 6) is -2.01. The van der Waals surface area contributed by atoms with E-state index in [4.69, 9.17) is 12.2 Å².